The van der Waals surface area contributed by atoms with E-state index in [9.17, 15) is 0 Å². The lowest BCUT2D eigenvalue weighted by Crippen LogP contribution is -2.36. The highest BCUT2D eigenvalue weighted by atomic mass is 16.5. The van der Waals surface area contributed by atoms with Crippen molar-refractivity contribution >= 4 is 17.3 Å². The van der Waals surface area contributed by atoms with E-state index in [0.29, 0.717) is 12.5 Å². The van der Waals surface area contributed by atoms with E-state index in [0.717, 1.165) is 32.0 Å². The molecule has 5 heteroatoms. The van der Waals surface area contributed by atoms with Gasteiger partial charge in [-0.25, -0.2) is 4.99 Å². The maximum Gasteiger partial charge on any atom is 0.193 e. The number of aryl methyl sites for hydroxylation is 2. The fourth-order valence-corrected chi connectivity index (χ4v) is 3.16. The van der Waals surface area contributed by atoms with E-state index in [1.54, 1.807) is 0 Å². The highest BCUT2D eigenvalue weighted by Crippen LogP contribution is 2.22. The highest BCUT2D eigenvalue weighted by molar-refractivity contribution is 5.92. The number of benzene rings is 2. The lowest BCUT2D eigenvalue weighted by Gasteiger charge is -2.30. The van der Waals surface area contributed by atoms with Gasteiger partial charge < -0.3 is 20.7 Å². The second kappa shape index (κ2) is 8.03. The highest BCUT2D eigenvalue weighted by Gasteiger charge is 2.14. The molecule has 0 amide bonds. The lowest BCUT2D eigenvalue weighted by atomic mass is 10.1. The third-order valence-electron chi connectivity index (χ3n) is 4.26. The molecular formula is C20H26N4O. The average molecular weight is 338 g/mol. The molecule has 1 aliphatic rings. The molecule has 1 heterocycles. The van der Waals surface area contributed by atoms with E-state index in [1.165, 1.54) is 22.4 Å². The molecule has 1 aliphatic heterocycles. The maximum atomic E-state index is 6.09. The Bertz CT molecular complexity index is 731. The van der Waals surface area contributed by atoms with Crippen molar-refractivity contribution in [1.29, 1.82) is 0 Å². The number of nitrogens with one attached hydrogen (secondary N) is 1. The van der Waals surface area contributed by atoms with E-state index < -0.39 is 0 Å². The minimum absolute atomic E-state index is 0.432. The fraction of sp³-hybridized carbons (Fsp3) is 0.350. The van der Waals surface area contributed by atoms with Crippen LogP contribution in [-0.4, -0.2) is 32.3 Å². The number of ether oxygens (including phenoxy) is 1. The second-order valence-corrected chi connectivity index (χ2v) is 6.43. The molecule has 132 valence electrons. The normalized spacial score (nSPS) is 15.3. The summed E-state index contributed by atoms with van der Waals surface area (Å²) in [6.45, 7) is 8.07. The SMILES string of the molecule is Cc1cc(C)cc(NC(N)=NCc2ccccc2N2CCOCC2)c1. The van der Waals surface area contributed by atoms with Crippen LogP contribution in [0.1, 0.15) is 16.7 Å². The predicted octanol–water partition coefficient (Wildman–Crippen LogP) is 3.07. The Labute approximate surface area is 149 Å². The molecule has 1 saturated heterocycles. The molecule has 2 aromatic carbocycles. The van der Waals surface area contributed by atoms with E-state index in [2.05, 4.69) is 65.5 Å². The van der Waals surface area contributed by atoms with Crippen LogP contribution >= 0.6 is 0 Å². The van der Waals surface area contributed by atoms with Gasteiger partial charge in [0.25, 0.3) is 0 Å². The molecular weight excluding hydrogens is 312 g/mol. The number of aliphatic imine (C=N–C) groups is 1. The summed E-state index contributed by atoms with van der Waals surface area (Å²) in [5, 5.41) is 3.19. The van der Waals surface area contributed by atoms with Gasteiger partial charge in [-0.1, -0.05) is 24.3 Å². The van der Waals surface area contributed by atoms with Crippen LogP contribution in [0.25, 0.3) is 0 Å². The van der Waals surface area contributed by atoms with Gasteiger partial charge in [-0.2, -0.15) is 0 Å². The number of para-hydroxylation sites is 1. The molecule has 0 saturated carbocycles. The first-order valence-electron chi connectivity index (χ1n) is 8.67. The van der Waals surface area contributed by atoms with Crippen LogP contribution in [0, 0.1) is 13.8 Å². The van der Waals surface area contributed by atoms with Gasteiger partial charge >= 0.3 is 0 Å². The van der Waals surface area contributed by atoms with Gasteiger partial charge in [-0.15, -0.1) is 0 Å². The number of morpholine rings is 1. The Kier molecular flexibility index (Phi) is 5.56. The van der Waals surface area contributed by atoms with Crippen LogP contribution in [0.15, 0.2) is 47.5 Å². The summed E-state index contributed by atoms with van der Waals surface area (Å²) in [6, 6.07) is 14.6. The van der Waals surface area contributed by atoms with Crippen molar-refractivity contribution in [2.75, 3.05) is 36.5 Å². The Morgan fingerprint density at radius 3 is 2.52 bits per heavy atom. The van der Waals surface area contributed by atoms with Crippen molar-refractivity contribution in [2.24, 2.45) is 10.7 Å². The molecule has 25 heavy (non-hydrogen) atoms. The quantitative estimate of drug-likeness (QED) is 0.664. The zero-order chi connectivity index (χ0) is 17.6. The minimum atomic E-state index is 0.432. The van der Waals surface area contributed by atoms with Crippen molar-refractivity contribution in [3.63, 3.8) is 0 Å². The van der Waals surface area contributed by atoms with Gasteiger partial charge in [0, 0.05) is 24.5 Å². The standard InChI is InChI=1S/C20H26N4O/c1-15-11-16(2)13-18(12-15)23-20(21)22-14-17-5-3-4-6-19(17)24-7-9-25-10-8-24/h3-6,11-13H,7-10,14H2,1-2H3,(H3,21,22,23). The van der Waals surface area contributed by atoms with E-state index in [1.807, 2.05) is 6.07 Å². The van der Waals surface area contributed by atoms with Crippen LogP contribution in [0.3, 0.4) is 0 Å². The topological polar surface area (TPSA) is 62.9 Å². The third-order valence-corrected chi connectivity index (χ3v) is 4.26. The van der Waals surface area contributed by atoms with E-state index in [-0.39, 0.29) is 0 Å². The molecule has 0 aliphatic carbocycles. The number of guanidine groups is 1. The van der Waals surface area contributed by atoms with Crippen LogP contribution in [0.4, 0.5) is 11.4 Å². The number of nitrogens with two attached hydrogens (primary N) is 1. The summed E-state index contributed by atoms with van der Waals surface area (Å²) in [6.07, 6.45) is 0. The van der Waals surface area contributed by atoms with Gasteiger partial charge in [-0.3, -0.25) is 0 Å². The summed E-state index contributed by atoms with van der Waals surface area (Å²) in [4.78, 5) is 6.88. The molecule has 0 aromatic heterocycles. The van der Waals surface area contributed by atoms with Crippen molar-refractivity contribution in [2.45, 2.75) is 20.4 Å². The first-order valence-corrected chi connectivity index (χ1v) is 8.67. The van der Waals surface area contributed by atoms with Crippen LogP contribution in [0.2, 0.25) is 0 Å². The molecule has 0 bridgehead atoms. The van der Waals surface area contributed by atoms with Crippen molar-refractivity contribution < 1.29 is 4.74 Å². The number of anilines is 2. The molecule has 0 atom stereocenters. The summed E-state index contributed by atoms with van der Waals surface area (Å²) >= 11 is 0. The van der Waals surface area contributed by atoms with Crippen LogP contribution in [-0.2, 0) is 11.3 Å². The second-order valence-electron chi connectivity index (χ2n) is 6.43. The summed E-state index contributed by atoms with van der Waals surface area (Å²) in [5.41, 5.74) is 11.9. The van der Waals surface area contributed by atoms with Crippen molar-refractivity contribution in [3.8, 4) is 0 Å². The summed E-state index contributed by atoms with van der Waals surface area (Å²) in [7, 11) is 0. The van der Waals surface area contributed by atoms with E-state index in [4.69, 9.17) is 10.5 Å². The first kappa shape index (κ1) is 17.3. The van der Waals surface area contributed by atoms with Crippen LogP contribution < -0.4 is 16.0 Å². The van der Waals surface area contributed by atoms with Gasteiger partial charge in [0.1, 0.15) is 0 Å². The smallest absolute Gasteiger partial charge is 0.193 e. The molecule has 0 unspecified atom stereocenters. The van der Waals surface area contributed by atoms with Crippen molar-refractivity contribution in [1.82, 2.24) is 0 Å². The molecule has 0 spiro atoms. The summed E-state index contributed by atoms with van der Waals surface area (Å²) in [5.74, 6) is 0.432. The fourth-order valence-electron chi connectivity index (χ4n) is 3.16. The average Bonchev–Trinajstić information content (AvgIpc) is 2.60. The van der Waals surface area contributed by atoms with Gasteiger partial charge in [0.05, 0.1) is 19.8 Å². The first-order chi connectivity index (χ1) is 12.1. The predicted molar refractivity (Wildman–Crippen MR) is 104 cm³/mol. The number of rotatable bonds is 4. The molecule has 1 fully saturated rings. The Morgan fingerprint density at radius 1 is 1.12 bits per heavy atom. The van der Waals surface area contributed by atoms with Crippen LogP contribution in [0.5, 0.6) is 0 Å². The number of nitrogens with zero attached hydrogens (tertiary/aromatic N) is 2. The molecule has 5 nitrogen and oxygen atoms in total. The maximum absolute atomic E-state index is 6.09. The molecule has 3 N–H and O–H groups in total. The van der Waals surface area contributed by atoms with Crippen molar-refractivity contribution in [3.05, 3.63) is 59.2 Å². The van der Waals surface area contributed by atoms with E-state index >= 15 is 0 Å². The van der Waals surface area contributed by atoms with Gasteiger partial charge in [0.15, 0.2) is 5.96 Å². The monoisotopic (exact) mass is 338 g/mol. The number of hydrogen-bond acceptors (Lipinski definition) is 3. The third kappa shape index (κ3) is 4.73. The molecule has 2 aromatic rings. The Balaban J connectivity index is 1.70. The molecule has 0 radical (unpaired) electrons. The zero-order valence-electron chi connectivity index (χ0n) is 15.0. The largest absolute Gasteiger partial charge is 0.378 e. The minimum Gasteiger partial charge on any atom is -0.378 e. The Hall–Kier alpha value is -2.53. The van der Waals surface area contributed by atoms with Gasteiger partial charge in [0.2, 0.25) is 0 Å². The Morgan fingerprint density at radius 2 is 1.80 bits per heavy atom. The zero-order valence-corrected chi connectivity index (χ0v) is 15.0. The van der Waals surface area contributed by atoms with Gasteiger partial charge in [-0.05, 0) is 48.7 Å². The lowest BCUT2D eigenvalue weighted by molar-refractivity contribution is 0.122. The summed E-state index contributed by atoms with van der Waals surface area (Å²) < 4.78 is 5.45. The number of hydrogen-bond donors (Lipinski definition) is 2. The molecule has 3 rings (SSSR count).